The highest BCUT2D eigenvalue weighted by molar-refractivity contribution is 5.81. The summed E-state index contributed by atoms with van der Waals surface area (Å²) in [6, 6.07) is 2.51. The van der Waals surface area contributed by atoms with E-state index >= 15 is 0 Å². The lowest BCUT2D eigenvalue weighted by atomic mass is 10.1. The minimum Gasteiger partial charge on any atom is -0.352 e. The van der Waals surface area contributed by atoms with Gasteiger partial charge >= 0.3 is 6.18 Å². The van der Waals surface area contributed by atoms with Crippen LogP contribution in [0.4, 0.5) is 17.6 Å². The summed E-state index contributed by atoms with van der Waals surface area (Å²) in [5, 5.41) is 5.62. The van der Waals surface area contributed by atoms with Crippen molar-refractivity contribution in [3.05, 3.63) is 35.1 Å². The van der Waals surface area contributed by atoms with Gasteiger partial charge in [0.2, 0.25) is 5.91 Å². The minimum atomic E-state index is -4.73. The van der Waals surface area contributed by atoms with E-state index in [0.29, 0.717) is 0 Å². The van der Waals surface area contributed by atoms with Gasteiger partial charge in [-0.2, -0.15) is 13.2 Å². The van der Waals surface area contributed by atoms with E-state index < -0.39 is 23.6 Å². The van der Waals surface area contributed by atoms with Crippen molar-refractivity contribution in [2.75, 3.05) is 0 Å². The number of benzene rings is 1. The molecule has 1 unspecified atom stereocenters. The monoisotopic (exact) mass is 304 g/mol. The number of carbonyl (C=O) groups is 1. The van der Waals surface area contributed by atoms with Gasteiger partial charge in [0.25, 0.3) is 0 Å². The Morgan fingerprint density at radius 1 is 1.38 bits per heavy atom. The number of rotatable bonds is 5. The van der Waals surface area contributed by atoms with Crippen LogP contribution < -0.4 is 10.6 Å². The predicted octanol–water partition coefficient (Wildman–Crippen LogP) is 2.60. The SMILES string of the molecule is CC(NCc1ccc(F)c(C(F)(F)F)c1)C(=O)NC1CC1. The van der Waals surface area contributed by atoms with Crippen LogP contribution in [0.1, 0.15) is 30.9 Å². The lowest BCUT2D eigenvalue weighted by Crippen LogP contribution is -2.42. The van der Waals surface area contributed by atoms with Crippen molar-refractivity contribution in [3.63, 3.8) is 0 Å². The molecule has 1 amide bonds. The van der Waals surface area contributed by atoms with Crippen LogP contribution in [0, 0.1) is 5.82 Å². The molecule has 0 aromatic heterocycles. The molecule has 21 heavy (non-hydrogen) atoms. The molecule has 116 valence electrons. The maximum absolute atomic E-state index is 13.1. The summed E-state index contributed by atoms with van der Waals surface area (Å²) >= 11 is 0. The number of amides is 1. The number of carbonyl (C=O) groups excluding carboxylic acids is 1. The Morgan fingerprint density at radius 2 is 2.05 bits per heavy atom. The molecule has 1 aliphatic rings. The Labute approximate surface area is 119 Å². The Bertz CT molecular complexity index is 526. The van der Waals surface area contributed by atoms with Crippen LogP contribution in [-0.2, 0) is 17.5 Å². The van der Waals surface area contributed by atoms with E-state index in [1.807, 2.05) is 0 Å². The summed E-state index contributed by atoms with van der Waals surface area (Å²) in [7, 11) is 0. The topological polar surface area (TPSA) is 41.1 Å². The van der Waals surface area contributed by atoms with Crippen LogP contribution in [0.3, 0.4) is 0 Å². The van der Waals surface area contributed by atoms with Gasteiger partial charge in [-0.3, -0.25) is 4.79 Å². The number of alkyl halides is 3. The van der Waals surface area contributed by atoms with E-state index in [0.717, 1.165) is 25.0 Å². The van der Waals surface area contributed by atoms with Gasteiger partial charge in [-0.05, 0) is 37.5 Å². The molecule has 1 atom stereocenters. The van der Waals surface area contributed by atoms with Gasteiger partial charge in [-0.25, -0.2) is 4.39 Å². The molecule has 1 aromatic carbocycles. The van der Waals surface area contributed by atoms with Gasteiger partial charge in [-0.1, -0.05) is 6.07 Å². The summed E-state index contributed by atoms with van der Waals surface area (Å²) < 4.78 is 50.9. The third kappa shape index (κ3) is 4.42. The molecule has 0 bridgehead atoms. The van der Waals surface area contributed by atoms with Gasteiger partial charge in [0.05, 0.1) is 11.6 Å². The summed E-state index contributed by atoms with van der Waals surface area (Å²) in [5.41, 5.74) is -1.02. The van der Waals surface area contributed by atoms with Gasteiger partial charge < -0.3 is 10.6 Å². The van der Waals surface area contributed by atoms with Crippen LogP contribution in [0.2, 0.25) is 0 Å². The first kappa shape index (κ1) is 15.8. The molecule has 0 heterocycles. The average Bonchev–Trinajstić information content (AvgIpc) is 3.19. The Balaban J connectivity index is 1.94. The zero-order valence-corrected chi connectivity index (χ0v) is 11.4. The van der Waals surface area contributed by atoms with E-state index in [-0.39, 0.29) is 24.1 Å². The van der Waals surface area contributed by atoms with E-state index in [4.69, 9.17) is 0 Å². The standard InChI is InChI=1S/C14H16F4N2O/c1-8(13(21)20-10-3-4-10)19-7-9-2-5-12(15)11(6-9)14(16,17)18/h2,5-6,8,10,19H,3-4,7H2,1H3,(H,20,21). The fourth-order valence-electron chi connectivity index (χ4n) is 1.82. The molecule has 0 aliphatic heterocycles. The molecule has 0 spiro atoms. The Morgan fingerprint density at radius 3 is 2.62 bits per heavy atom. The molecular formula is C14H16F4N2O. The van der Waals surface area contributed by atoms with Crippen molar-refractivity contribution in [2.24, 2.45) is 0 Å². The molecule has 1 aromatic rings. The summed E-state index contributed by atoms with van der Waals surface area (Å²) in [5.74, 6) is -1.48. The summed E-state index contributed by atoms with van der Waals surface area (Å²) in [4.78, 5) is 11.7. The van der Waals surface area contributed by atoms with Gasteiger partial charge in [0, 0.05) is 12.6 Å². The van der Waals surface area contributed by atoms with Crippen molar-refractivity contribution in [1.82, 2.24) is 10.6 Å². The van der Waals surface area contributed by atoms with Crippen molar-refractivity contribution in [2.45, 2.75) is 44.6 Å². The largest absolute Gasteiger partial charge is 0.419 e. The molecule has 1 aliphatic carbocycles. The Hall–Kier alpha value is -1.63. The van der Waals surface area contributed by atoms with Crippen LogP contribution in [-0.4, -0.2) is 18.0 Å². The number of hydrogen-bond donors (Lipinski definition) is 2. The first-order valence-corrected chi connectivity index (χ1v) is 6.67. The summed E-state index contributed by atoms with van der Waals surface area (Å²) in [6.07, 6.45) is -2.80. The van der Waals surface area contributed by atoms with Crippen LogP contribution in [0.25, 0.3) is 0 Å². The minimum absolute atomic E-state index is 0.0581. The lowest BCUT2D eigenvalue weighted by molar-refractivity contribution is -0.140. The zero-order chi connectivity index (χ0) is 15.6. The van der Waals surface area contributed by atoms with E-state index in [2.05, 4.69) is 10.6 Å². The van der Waals surface area contributed by atoms with Crippen LogP contribution in [0.15, 0.2) is 18.2 Å². The third-order valence-corrected chi connectivity index (χ3v) is 3.27. The maximum atomic E-state index is 13.1. The van der Waals surface area contributed by atoms with Gasteiger partial charge in [-0.15, -0.1) is 0 Å². The number of nitrogens with one attached hydrogen (secondary N) is 2. The molecule has 7 heteroatoms. The van der Waals surface area contributed by atoms with Crippen molar-refractivity contribution < 1.29 is 22.4 Å². The third-order valence-electron chi connectivity index (χ3n) is 3.27. The molecule has 0 saturated heterocycles. The van der Waals surface area contributed by atoms with Crippen LogP contribution >= 0.6 is 0 Å². The zero-order valence-electron chi connectivity index (χ0n) is 11.4. The lowest BCUT2D eigenvalue weighted by Gasteiger charge is -2.15. The molecule has 2 N–H and O–H groups in total. The number of halogens is 4. The maximum Gasteiger partial charge on any atom is 0.419 e. The predicted molar refractivity (Wildman–Crippen MR) is 68.9 cm³/mol. The highest BCUT2D eigenvalue weighted by Gasteiger charge is 2.34. The molecule has 2 rings (SSSR count). The smallest absolute Gasteiger partial charge is 0.352 e. The quantitative estimate of drug-likeness (QED) is 0.821. The van der Waals surface area contributed by atoms with E-state index in [1.165, 1.54) is 6.07 Å². The molecule has 3 nitrogen and oxygen atoms in total. The highest BCUT2D eigenvalue weighted by Crippen LogP contribution is 2.31. The molecule has 1 fully saturated rings. The molecular weight excluding hydrogens is 288 g/mol. The fourth-order valence-corrected chi connectivity index (χ4v) is 1.82. The average molecular weight is 304 g/mol. The first-order chi connectivity index (χ1) is 9.77. The normalized spacial score (nSPS) is 16.6. The van der Waals surface area contributed by atoms with E-state index in [9.17, 15) is 22.4 Å². The van der Waals surface area contributed by atoms with E-state index in [1.54, 1.807) is 6.92 Å². The Kier molecular flexibility index (Phi) is 4.51. The second-order valence-electron chi connectivity index (χ2n) is 5.20. The van der Waals surface area contributed by atoms with Crippen molar-refractivity contribution in [1.29, 1.82) is 0 Å². The fraction of sp³-hybridized carbons (Fsp3) is 0.500. The van der Waals surface area contributed by atoms with Gasteiger partial charge in [0.15, 0.2) is 0 Å². The van der Waals surface area contributed by atoms with Gasteiger partial charge in [0.1, 0.15) is 5.82 Å². The highest BCUT2D eigenvalue weighted by atomic mass is 19.4. The first-order valence-electron chi connectivity index (χ1n) is 6.67. The van der Waals surface area contributed by atoms with Crippen molar-refractivity contribution >= 4 is 5.91 Å². The second-order valence-corrected chi connectivity index (χ2v) is 5.20. The van der Waals surface area contributed by atoms with Crippen molar-refractivity contribution in [3.8, 4) is 0 Å². The molecule has 1 saturated carbocycles. The summed E-state index contributed by atoms with van der Waals surface area (Å²) in [6.45, 7) is 1.69. The molecule has 0 radical (unpaired) electrons. The second kappa shape index (κ2) is 6.01. The van der Waals surface area contributed by atoms with Crippen LogP contribution in [0.5, 0.6) is 0 Å². The number of hydrogen-bond acceptors (Lipinski definition) is 2.